The molecule has 1 aromatic rings. The van der Waals surface area contributed by atoms with E-state index in [-0.39, 0.29) is 5.56 Å². The molecule has 2 amide bonds. The number of carbonyl (C=O) groups excluding carboxylic acids is 3. The van der Waals surface area contributed by atoms with Crippen LogP contribution in [0, 0.1) is 11.6 Å². The fourth-order valence-corrected chi connectivity index (χ4v) is 3.28. The summed E-state index contributed by atoms with van der Waals surface area (Å²) in [6.45, 7) is 5.68. The molecule has 2 rings (SSSR count). The molecule has 0 aromatic heterocycles. The van der Waals surface area contributed by atoms with Gasteiger partial charge in [-0.25, -0.2) is 8.78 Å². The van der Waals surface area contributed by atoms with E-state index in [9.17, 15) is 28.0 Å². The first-order chi connectivity index (χ1) is 14.1. The lowest BCUT2D eigenvalue weighted by Crippen LogP contribution is -2.50. The topological polar surface area (TPSA) is 116 Å². The van der Waals surface area contributed by atoms with E-state index in [2.05, 4.69) is 17.2 Å². The van der Waals surface area contributed by atoms with E-state index in [1.165, 1.54) is 11.8 Å². The van der Waals surface area contributed by atoms with Gasteiger partial charge in [-0.1, -0.05) is 6.58 Å². The lowest BCUT2D eigenvalue weighted by atomic mass is 10.1. The number of benzene rings is 1. The van der Waals surface area contributed by atoms with Gasteiger partial charge < -0.3 is 25.4 Å². The largest absolute Gasteiger partial charge is 0.481 e. The normalized spacial score (nSPS) is 17.7. The molecule has 1 aliphatic heterocycles. The molecule has 3 N–H and O–H groups in total. The fourth-order valence-electron chi connectivity index (χ4n) is 3.28. The number of nitrogens with one attached hydrogen (secondary N) is 2. The van der Waals surface area contributed by atoms with Crippen LogP contribution < -0.4 is 10.6 Å². The SMILES string of the molecule is C=C(N[C@H](C=O)CC(=O)O)C1CCCN1C(=O)[C@H](C)NC(=O)c1ccc(F)c(F)c1. The molecular formula is C20H23F2N3O5. The first-order valence-corrected chi connectivity index (χ1v) is 9.32. The molecule has 0 spiro atoms. The number of carboxylic acids is 1. The number of carbonyl (C=O) groups is 4. The summed E-state index contributed by atoms with van der Waals surface area (Å²) in [7, 11) is 0. The van der Waals surface area contributed by atoms with Crippen molar-refractivity contribution in [1.29, 1.82) is 0 Å². The number of rotatable bonds is 9. The molecule has 3 atom stereocenters. The third-order valence-corrected chi connectivity index (χ3v) is 4.77. The van der Waals surface area contributed by atoms with Crippen molar-refractivity contribution in [2.45, 2.75) is 44.3 Å². The van der Waals surface area contributed by atoms with Crippen molar-refractivity contribution in [3.63, 3.8) is 0 Å². The third-order valence-electron chi connectivity index (χ3n) is 4.77. The smallest absolute Gasteiger partial charge is 0.305 e. The van der Waals surface area contributed by atoms with Crippen LogP contribution in [0.1, 0.15) is 36.5 Å². The highest BCUT2D eigenvalue weighted by molar-refractivity contribution is 5.97. The van der Waals surface area contributed by atoms with E-state index in [0.29, 0.717) is 31.4 Å². The molecule has 10 heteroatoms. The molecule has 8 nitrogen and oxygen atoms in total. The van der Waals surface area contributed by atoms with Crippen molar-refractivity contribution < 1.29 is 33.1 Å². The molecule has 1 saturated heterocycles. The molecule has 1 fully saturated rings. The molecular weight excluding hydrogens is 400 g/mol. The number of aliphatic carboxylic acids is 1. The summed E-state index contributed by atoms with van der Waals surface area (Å²) < 4.78 is 26.4. The van der Waals surface area contributed by atoms with E-state index in [1.807, 2.05) is 0 Å². The molecule has 0 aliphatic carbocycles. The number of hydrogen-bond acceptors (Lipinski definition) is 5. The van der Waals surface area contributed by atoms with Gasteiger partial charge in [0.2, 0.25) is 5.91 Å². The van der Waals surface area contributed by atoms with Gasteiger partial charge >= 0.3 is 5.97 Å². The van der Waals surface area contributed by atoms with Crippen LogP contribution in [-0.4, -0.2) is 58.7 Å². The summed E-state index contributed by atoms with van der Waals surface area (Å²) in [6, 6.07) is 0.268. The molecule has 30 heavy (non-hydrogen) atoms. The van der Waals surface area contributed by atoms with Gasteiger partial charge in [-0.3, -0.25) is 14.4 Å². The van der Waals surface area contributed by atoms with E-state index in [4.69, 9.17) is 5.11 Å². The molecule has 0 saturated carbocycles. The van der Waals surface area contributed by atoms with Crippen LogP contribution in [0.25, 0.3) is 0 Å². The summed E-state index contributed by atoms with van der Waals surface area (Å²) >= 11 is 0. The van der Waals surface area contributed by atoms with Crippen LogP contribution in [-0.2, 0) is 14.4 Å². The number of amides is 2. The van der Waals surface area contributed by atoms with E-state index in [1.54, 1.807) is 0 Å². The van der Waals surface area contributed by atoms with Crippen molar-refractivity contribution in [2.75, 3.05) is 6.54 Å². The predicted molar refractivity (Wildman–Crippen MR) is 102 cm³/mol. The molecule has 1 aliphatic rings. The lowest BCUT2D eigenvalue weighted by Gasteiger charge is -2.30. The summed E-state index contributed by atoms with van der Waals surface area (Å²) in [5.41, 5.74) is 0.207. The summed E-state index contributed by atoms with van der Waals surface area (Å²) in [5, 5.41) is 14.0. The van der Waals surface area contributed by atoms with Crippen LogP contribution in [0.5, 0.6) is 0 Å². The first-order valence-electron chi connectivity index (χ1n) is 9.32. The van der Waals surface area contributed by atoms with Gasteiger partial charge in [0.1, 0.15) is 12.3 Å². The Labute approximate surface area is 171 Å². The molecule has 1 aromatic carbocycles. The van der Waals surface area contributed by atoms with Crippen LogP contribution in [0.15, 0.2) is 30.5 Å². The molecule has 1 unspecified atom stereocenters. The highest BCUT2D eigenvalue weighted by Gasteiger charge is 2.34. The second-order valence-electron chi connectivity index (χ2n) is 7.02. The van der Waals surface area contributed by atoms with Gasteiger partial charge in [0, 0.05) is 17.8 Å². The maximum Gasteiger partial charge on any atom is 0.305 e. The average molecular weight is 423 g/mol. The Morgan fingerprint density at radius 3 is 2.60 bits per heavy atom. The van der Waals surface area contributed by atoms with Gasteiger partial charge in [-0.05, 0) is 38.0 Å². The number of carboxylic acid groups (broad SMARTS) is 1. The second-order valence-corrected chi connectivity index (χ2v) is 7.02. The lowest BCUT2D eigenvalue weighted by molar-refractivity contribution is -0.138. The first kappa shape index (κ1) is 23.0. The standard InChI is InChI=1S/C20H23F2N3O5/c1-11(23-14(10-26)9-18(27)28)17-4-3-7-25(17)20(30)12(2)24-19(29)13-5-6-15(21)16(22)8-13/h5-6,8,10,12,14,17,23H,1,3-4,7,9H2,2H3,(H,24,29)(H,27,28)/t12-,14-,17?/m0/s1. The Kier molecular flexibility index (Phi) is 7.62. The zero-order valence-electron chi connectivity index (χ0n) is 16.4. The molecule has 0 bridgehead atoms. The van der Waals surface area contributed by atoms with Gasteiger partial charge in [0.05, 0.1) is 18.5 Å². The highest BCUT2D eigenvalue weighted by atomic mass is 19.2. The number of halogens is 2. The average Bonchev–Trinajstić information content (AvgIpc) is 3.18. The van der Waals surface area contributed by atoms with Crippen LogP contribution in [0.3, 0.4) is 0 Å². The Morgan fingerprint density at radius 1 is 1.30 bits per heavy atom. The third kappa shape index (κ3) is 5.62. The monoisotopic (exact) mass is 423 g/mol. The Hall–Kier alpha value is -3.30. The zero-order valence-corrected chi connectivity index (χ0v) is 16.4. The predicted octanol–water partition coefficient (Wildman–Crippen LogP) is 1.22. The summed E-state index contributed by atoms with van der Waals surface area (Å²) in [5.74, 6) is -4.56. The van der Waals surface area contributed by atoms with Gasteiger partial charge in [-0.15, -0.1) is 0 Å². The van der Waals surface area contributed by atoms with Crippen molar-refractivity contribution in [2.24, 2.45) is 0 Å². The second kappa shape index (κ2) is 9.95. The number of hydrogen-bond donors (Lipinski definition) is 3. The van der Waals surface area contributed by atoms with Crippen molar-refractivity contribution in [3.8, 4) is 0 Å². The highest BCUT2D eigenvalue weighted by Crippen LogP contribution is 2.23. The minimum absolute atomic E-state index is 0.125. The van der Waals surface area contributed by atoms with Crippen molar-refractivity contribution >= 4 is 24.1 Å². The Balaban J connectivity index is 2.02. The van der Waals surface area contributed by atoms with Crippen LogP contribution >= 0.6 is 0 Å². The minimum atomic E-state index is -1.17. The van der Waals surface area contributed by atoms with E-state index in [0.717, 1.165) is 18.2 Å². The molecule has 1 heterocycles. The van der Waals surface area contributed by atoms with Gasteiger partial charge in [0.25, 0.3) is 5.91 Å². The van der Waals surface area contributed by atoms with Gasteiger partial charge in [-0.2, -0.15) is 0 Å². The molecule has 0 radical (unpaired) electrons. The van der Waals surface area contributed by atoms with Crippen molar-refractivity contribution in [1.82, 2.24) is 15.5 Å². The number of likely N-dealkylation sites (tertiary alicyclic amines) is 1. The van der Waals surface area contributed by atoms with Crippen LogP contribution in [0.4, 0.5) is 8.78 Å². The number of aldehydes is 1. The maximum atomic E-state index is 13.3. The minimum Gasteiger partial charge on any atom is -0.481 e. The van der Waals surface area contributed by atoms with E-state index < -0.39 is 54.0 Å². The van der Waals surface area contributed by atoms with Crippen LogP contribution in [0.2, 0.25) is 0 Å². The molecule has 162 valence electrons. The van der Waals surface area contributed by atoms with Gasteiger partial charge in [0.15, 0.2) is 11.6 Å². The Bertz CT molecular complexity index is 861. The van der Waals surface area contributed by atoms with Crippen molar-refractivity contribution in [3.05, 3.63) is 47.7 Å². The number of nitrogens with zero attached hydrogens (tertiary/aromatic N) is 1. The fraction of sp³-hybridized carbons (Fsp3) is 0.400. The summed E-state index contributed by atoms with van der Waals surface area (Å²) in [4.78, 5) is 48.4. The Morgan fingerprint density at radius 2 is 2.00 bits per heavy atom. The maximum absolute atomic E-state index is 13.3. The summed E-state index contributed by atoms with van der Waals surface area (Å²) in [6.07, 6.45) is 1.25. The van der Waals surface area contributed by atoms with E-state index >= 15 is 0 Å². The zero-order chi connectivity index (χ0) is 22.4. The quantitative estimate of drug-likeness (QED) is 0.515.